The van der Waals surface area contributed by atoms with Crippen molar-refractivity contribution in [2.75, 3.05) is 19.5 Å². The lowest BCUT2D eigenvalue weighted by atomic mass is 10.1. The summed E-state index contributed by atoms with van der Waals surface area (Å²) < 4.78 is 11.2. The molecule has 4 rings (SSSR count). The van der Waals surface area contributed by atoms with Crippen LogP contribution < -0.4 is 15.6 Å². The van der Waals surface area contributed by atoms with Crippen LogP contribution in [0.3, 0.4) is 0 Å². The molecular formula is C27H25N5O6. The molecule has 0 radical (unpaired) electrons. The van der Waals surface area contributed by atoms with Crippen LogP contribution in [0.1, 0.15) is 18.2 Å². The number of benzene rings is 3. The molecule has 0 aliphatic heterocycles. The zero-order valence-corrected chi connectivity index (χ0v) is 20.9. The van der Waals surface area contributed by atoms with Gasteiger partial charge in [0, 0.05) is 23.5 Å². The fourth-order valence-electron chi connectivity index (χ4n) is 3.82. The van der Waals surface area contributed by atoms with Crippen LogP contribution in [0, 0.1) is 10.1 Å². The number of nitrogens with one attached hydrogen (secondary N) is 2. The monoisotopic (exact) mass is 515 g/mol. The fourth-order valence-corrected chi connectivity index (χ4v) is 3.82. The van der Waals surface area contributed by atoms with Gasteiger partial charge in [0.15, 0.2) is 0 Å². The zero-order valence-electron chi connectivity index (χ0n) is 20.9. The van der Waals surface area contributed by atoms with Crippen molar-refractivity contribution in [3.63, 3.8) is 0 Å². The molecule has 2 N–H and O–H groups in total. The summed E-state index contributed by atoms with van der Waals surface area (Å²) in [6.07, 6.45) is -0.182. The summed E-state index contributed by atoms with van der Waals surface area (Å²) in [4.78, 5) is 40.4. The van der Waals surface area contributed by atoms with Crippen LogP contribution in [0.25, 0.3) is 5.69 Å². The van der Waals surface area contributed by atoms with Gasteiger partial charge in [-0.05, 0) is 67.6 Å². The van der Waals surface area contributed by atoms with E-state index in [1.54, 1.807) is 26.2 Å². The maximum atomic E-state index is 13.4. The second-order valence-electron chi connectivity index (χ2n) is 8.23. The number of non-ortho nitro benzene ring substituents is 1. The summed E-state index contributed by atoms with van der Waals surface area (Å²) in [5, 5.41) is 17.2. The van der Waals surface area contributed by atoms with Gasteiger partial charge in [0.25, 0.3) is 11.2 Å². The minimum Gasteiger partial charge on any atom is -0.497 e. The molecule has 1 aromatic heterocycles. The Balaban J connectivity index is 1.63. The quantitative estimate of drug-likeness (QED) is 0.143. The summed E-state index contributed by atoms with van der Waals surface area (Å²) in [5.74, 6) is 0.227. The van der Waals surface area contributed by atoms with E-state index in [1.165, 1.54) is 36.1 Å². The third-order valence-electron chi connectivity index (χ3n) is 5.74. The Kier molecular flexibility index (Phi) is 7.66. The molecule has 0 amide bonds. The fraction of sp³-hybridized carbons (Fsp3) is 0.148. The van der Waals surface area contributed by atoms with Crippen molar-refractivity contribution in [2.24, 2.45) is 4.99 Å². The number of aliphatic imine (C=N–C) groups is 1. The first-order valence-corrected chi connectivity index (χ1v) is 11.5. The van der Waals surface area contributed by atoms with Gasteiger partial charge < -0.3 is 14.8 Å². The Hall–Kier alpha value is -5.19. The molecule has 0 fully saturated rings. The number of nitro groups is 1. The molecule has 4 aromatic rings. The number of anilines is 2. The second-order valence-corrected chi connectivity index (χ2v) is 8.23. The molecular weight excluding hydrogens is 490 g/mol. The van der Waals surface area contributed by atoms with Gasteiger partial charge in [-0.15, -0.1) is 0 Å². The van der Waals surface area contributed by atoms with Crippen molar-refractivity contribution in [3.05, 3.63) is 105 Å². The summed E-state index contributed by atoms with van der Waals surface area (Å²) in [6, 6.07) is 20.3. The van der Waals surface area contributed by atoms with Crippen molar-refractivity contribution in [3.8, 4) is 11.4 Å². The van der Waals surface area contributed by atoms with Crippen molar-refractivity contribution < 1.29 is 19.2 Å². The summed E-state index contributed by atoms with van der Waals surface area (Å²) >= 11 is 0. The number of H-pyrrole nitrogens is 1. The molecule has 0 aliphatic carbocycles. The molecule has 0 bridgehead atoms. The van der Waals surface area contributed by atoms with E-state index in [1.807, 2.05) is 36.4 Å². The number of rotatable bonds is 9. The van der Waals surface area contributed by atoms with Gasteiger partial charge in [0.1, 0.15) is 5.75 Å². The highest BCUT2D eigenvalue weighted by atomic mass is 16.6. The average molecular weight is 516 g/mol. The molecule has 3 aromatic carbocycles. The van der Waals surface area contributed by atoms with Gasteiger partial charge in [0.2, 0.25) is 0 Å². The number of nitrogens with zero attached hydrogens (tertiary/aromatic N) is 3. The molecule has 0 unspecified atom stereocenters. The van der Waals surface area contributed by atoms with E-state index >= 15 is 0 Å². The number of carbonyl (C=O) groups excluding carboxylic acids is 1. The van der Waals surface area contributed by atoms with E-state index in [4.69, 9.17) is 9.47 Å². The van der Waals surface area contributed by atoms with Crippen LogP contribution in [0.5, 0.6) is 5.75 Å². The molecule has 0 saturated heterocycles. The van der Waals surface area contributed by atoms with Gasteiger partial charge in [-0.2, -0.15) is 0 Å². The molecule has 0 aliphatic rings. The minimum absolute atomic E-state index is 0.106. The molecule has 0 saturated carbocycles. The lowest BCUT2D eigenvalue weighted by molar-refractivity contribution is -0.384. The van der Waals surface area contributed by atoms with Gasteiger partial charge >= 0.3 is 5.97 Å². The van der Waals surface area contributed by atoms with Crippen LogP contribution in [-0.4, -0.2) is 40.6 Å². The van der Waals surface area contributed by atoms with Crippen LogP contribution in [0.2, 0.25) is 0 Å². The highest BCUT2D eigenvalue weighted by Gasteiger charge is 2.21. The van der Waals surface area contributed by atoms with Gasteiger partial charge in [-0.3, -0.25) is 29.8 Å². The third kappa shape index (κ3) is 5.78. The van der Waals surface area contributed by atoms with Crippen molar-refractivity contribution in [2.45, 2.75) is 13.3 Å². The molecule has 0 atom stereocenters. The molecule has 38 heavy (non-hydrogen) atoms. The number of methoxy groups -OCH3 is 2. The number of hydrogen-bond donors (Lipinski definition) is 2. The SMILES string of the molecule is COC(=O)Cc1[nH]n(-c2ccc([N+](=O)[O-])cc2)c(=O)c1C(C)=Nc1ccc(Nc2ccc(OC)cc2)cc1. The topological polar surface area (TPSA) is 141 Å². The van der Waals surface area contributed by atoms with Crippen molar-refractivity contribution in [1.29, 1.82) is 0 Å². The maximum Gasteiger partial charge on any atom is 0.311 e. The Bertz CT molecular complexity index is 1540. The second kappa shape index (κ2) is 11.2. The Labute approximate surface area is 217 Å². The predicted molar refractivity (Wildman–Crippen MR) is 143 cm³/mol. The number of ether oxygens (including phenoxy) is 2. The van der Waals surface area contributed by atoms with E-state index in [2.05, 4.69) is 15.4 Å². The van der Waals surface area contributed by atoms with Gasteiger partial charge in [0.05, 0.1) is 53.9 Å². The van der Waals surface area contributed by atoms with Crippen LogP contribution in [0.4, 0.5) is 22.7 Å². The largest absolute Gasteiger partial charge is 0.497 e. The van der Waals surface area contributed by atoms with Gasteiger partial charge in [-0.25, -0.2) is 4.68 Å². The predicted octanol–water partition coefficient (Wildman–Crippen LogP) is 4.68. The normalized spacial score (nSPS) is 11.2. The van der Waals surface area contributed by atoms with Crippen LogP contribution in [-0.2, 0) is 16.0 Å². The van der Waals surface area contributed by atoms with Crippen LogP contribution in [0.15, 0.2) is 82.6 Å². The third-order valence-corrected chi connectivity index (χ3v) is 5.74. The molecule has 11 nitrogen and oxygen atoms in total. The van der Waals surface area contributed by atoms with Crippen LogP contribution >= 0.6 is 0 Å². The minimum atomic E-state index is -0.537. The molecule has 11 heteroatoms. The summed E-state index contributed by atoms with van der Waals surface area (Å²) in [5.41, 5.74) is 3.09. The first-order valence-electron chi connectivity index (χ1n) is 11.5. The molecule has 0 spiro atoms. The Morgan fingerprint density at radius 2 is 1.61 bits per heavy atom. The Morgan fingerprint density at radius 3 is 2.16 bits per heavy atom. The van der Waals surface area contributed by atoms with E-state index in [0.717, 1.165) is 17.1 Å². The van der Waals surface area contributed by atoms with E-state index in [9.17, 15) is 19.7 Å². The summed E-state index contributed by atoms with van der Waals surface area (Å²) in [6.45, 7) is 1.68. The van der Waals surface area contributed by atoms with E-state index in [-0.39, 0.29) is 17.7 Å². The number of hydrogen-bond acceptors (Lipinski definition) is 8. The number of aromatic nitrogens is 2. The van der Waals surface area contributed by atoms with Crippen molar-refractivity contribution >= 4 is 34.4 Å². The number of carbonyl (C=O) groups is 1. The highest BCUT2D eigenvalue weighted by Crippen LogP contribution is 2.23. The van der Waals surface area contributed by atoms with Gasteiger partial charge in [-0.1, -0.05) is 0 Å². The first kappa shape index (κ1) is 25.9. The first-order chi connectivity index (χ1) is 18.3. The number of aromatic amines is 1. The Morgan fingerprint density at radius 1 is 1.00 bits per heavy atom. The smallest absolute Gasteiger partial charge is 0.311 e. The van der Waals surface area contributed by atoms with Crippen molar-refractivity contribution in [1.82, 2.24) is 9.78 Å². The summed E-state index contributed by atoms with van der Waals surface area (Å²) in [7, 11) is 2.87. The zero-order chi connectivity index (χ0) is 27.2. The number of esters is 1. The molecule has 1 heterocycles. The standard InChI is InChI=1S/C27H25N5O6/c1-17(28-18-4-6-19(7-5-18)29-20-8-14-23(37-2)15-9-20)26-24(16-25(33)38-3)30-31(27(26)34)21-10-12-22(13-11-21)32(35)36/h4-15,29-30H,16H2,1-3H3. The van der Waals surface area contributed by atoms with E-state index in [0.29, 0.717) is 22.8 Å². The lowest BCUT2D eigenvalue weighted by Crippen LogP contribution is -2.20. The molecule has 194 valence electrons. The average Bonchev–Trinajstić information content (AvgIpc) is 3.25. The highest BCUT2D eigenvalue weighted by molar-refractivity contribution is 6.01. The van der Waals surface area contributed by atoms with E-state index < -0.39 is 16.5 Å². The number of nitro benzene ring substituents is 1. The maximum absolute atomic E-state index is 13.4. The lowest BCUT2D eigenvalue weighted by Gasteiger charge is -2.08.